The van der Waals surface area contributed by atoms with E-state index in [9.17, 15) is 5.11 Å². The zero-order valence-corrected chi connectivity index (χ0v) is 11.4. The van der Waals surface area contributed by atoms with Crippen LogP contribution in [0.4, 0.5) is 0 Å². The summed E-state index contributed by atoms with van der Waals surface area (Å²) in [6.45, 7) is 0.685. The van der Waals surface area contributed by atoms with E-state index in [1.165, 1.54) is 0 Å². The minimum atomic E-state index is -0.612. The van der Waals surface area contributed by atoms with Crippen LogP contribution in [0.3, 0.4) is 0 Å². The van der Waals surface area contributed by atoms with Gasteiger partial charge in [0.1, 0.15) is 5.75 Å². The Morgan fingerprint density at radius 2 is 2.37 bits per heavy atom. The number of aromatic nitrogens is 2. The first kappa shape index (κ1) is 12.5. The average molecular weight is 279 g/mol. The Hall–Kier alpha value is -1.52. The normalized spacial score (nSPS) is 15.1. The SMILES string of the molecule is Cn1cncc1C(O)Cc1cc(Cl)cc2c1OCC2. The van der Waals surface area contributed by atoms with E-state index in [0.29, 0.717) is 18.1 Å². The van der Waals surface area contributed by atoms with Gasteiger partial charge < -0.3 is 14.4 Å². The fourth-order valence-electron chi connectivity index (χ4n) is 2.50. The van der Waals surface area contributed by atoms with Crippen molar-refractivity contribution in [1.82, 2.24) is 9.55 Å². The van der Waals surface area contributed by atoms with Crippen LogP contribution < -0.4 is 4.74 Å². The van der Waals surface area contributed by atoms with Crippen LogP contribution in [-0.2, 0) is 19.9 Å². The van der Waals surface area contributed by atoms with Crippen LogP contribution in [0.15, 0.2) is 24.7 Å². The second-order valence-corrected chi connectivity index (χ2v) is 5.24. The number of ether oxygens (including phenoxy) is 1. The number of fused-ring (bicyclic) bond motifs is 1. The monoisotopic (exact) mass is 278 g/mol. The molecule has 0 saturated heterocycles. The Kier molecular flexibility index (Phi) is 3.21. The molecule has 0 amide bonds. The highest BCUT2D eigenvalue weighted by atomic mass is 35.5. The largest absolute Gasteiger partial charge is 0.493 e. The quantitative estimate of drug-likeness (QED) is 0.937. The number of rotatable bonds is 3. The van der Waals surface area contributed by atoms with E-state index in [1.807, 2.05) is 23.7 Å². The molecular weight excluding hydrogens is 264 g/mol. The van der Waals surface area contributed by atoms with Gasteiger partial charge in [-0.05, 0) is 23.3 Å². The molecule has 1 aromatic heterocycles. The minimum Gasteiger partial charge on any atom is -0.493 e. The van der Waals surface area contributed by atoms with Crippen LogP contribution in [0.1, 0.15) is 22.9 Å². The van der Waals surface area contributed by atoms with Gasteiger partial charge in [0.2, 0.25) is 0 Å². The Morgan fingerprint density at radius 3 is 3.11 bits per heavy atom. The van der Waals surface area contributed by atoms with Crippen LogP contribution in [0.2, 0.25) is 5.02 Å². The van der Waals surface area contributed by atoms with E-state index in [2.05, 4.69) is 4.98 Å². The molecule has 1 aliphatic rings. The summed E-state index contributed by atoms with van der Waals surface area (Å²) in [7, 11) is 1.87. The molecule has 1 atom stereocenters. The molecule has 1 aromatic carbocycles. The lowest BCUT2D eigenvalue weighted by molar-refractivity contribution is 0.169. The molecule has 5 heteroatoms. The maximum atomic E-state index is 10.3. The van der Waals surface area contributed by atoms with Crippen molar-refractivity contribution in [1.29, 1.82) is 0 Å². The minimum absolute atomic E-state index is 0.475. The van der Waals surface area contributed by atoms with Crippen molar-refractivity contribution in [3.05, 3.63) is 46.5 Å². The first-order valence-electron chi connectivity index (χ1n) is 6.23. The predicted molar refractivity (Wildman–Crippen MR) is 72.5 cm³/mol. The Labute approximate surface area is 116 Å². The molecule has 0 bridgehead atoms. The number of aryl methyl sites for hydroxylation is 1. The molecule has 0 spiro atoms. The molecule has 0 radical (unpaired) electrons. The summed E-state index contributed by atoms with van der Waals surface area (Å²) in [5.41, 5.74) is 2.86. The standard InChI is InChI=1S/C14H15ClN2O2/c1-17-8-16-7-12(17)13(18)6-10-5-11(15)4-9-2-3-19-14(9)10/h4-5,7-8,13,18H,2-3,6H2,1H3. The molecule has 1 N–H and O–H groups in total. The van der Waals surface area contributed by atoms with Gasteiger partial charge in [-0.25, -0.2) is 4.98 Å². The highest BCUT2D eigenvalue weighted by molar-refractivity contribution is 6.30. The molecule has 2 heterocycles. The maximum absolute atomic E-state index is 10.3. The number of imidazole rings is 1. The summed E-state index contributed by atoms with van der Waals surface area (Å²) in [6, 6.07) is 3.80. The van der Waals surface area contributed by atoms with Crippen LogP contribution in [0.5, 0.6) is 5.75 Å². The molecule has 0 saturated carbocycles. The maximum Gasteiger partial charge on any atom is 0.126 e. The van der Waals surface area contributed by atoms with Crippen molar-refractivity contribution >= 4 is 11.6 Å². The van der Waals surface area contributed by atoms with Gasteiger partial charge >= 0.3 is 0 Å². The van der Waals surface area contributed by atoms with Gasteiger partial charge in [-0.3, -0.25) is 0 Å². The predicted octanol–water partition coefficient (Wildman–Crippen LogP) is 2.28. The second kappa shape index (κ2) is 4.87. The number of hydrogen-bond donors (Lipinski definition) is 1. The van der Waals surface area contributed by atoms with Crippen molar-refractivity contribution in [2.45, 2.75) is 18.9 Å². The van der Waals surface area contributed by atoms with Crippen molar-refractivity contribution in [2.24, 2.45) is 7.05 Å². The third-order valence-electron chi connectivity index (χ3n) is 3.43. The van der Waals surface area contributed by atoms with E-state index in [-0.39, 0.29) is 0 Å². The summed E-state index contributed by atoms with van der Waals surface area (Å²) in [6.07, 6.45) is 4.10. The number of nitrogens with zero attached hydrogens (tertiary/aromatic N) is 2. The number of aliphatic hydroxyl groups is 1. The third-order valence-corrected chi connectivity index (χ3v) is 3.65. The highest BCUT2D eigenvalue weighted by Crippen LogP contribution is 2.35. The van der Waals surface area contributed by atoms with E-state index in [1.54, 1.807) is 12.5 Å². The highest BCUT2D eigenvalue weighted by Gasteiger charge is 2.21. The lowest BCUT2D eigenvalue weighted by Crippen LogP contribution is -2.07. The molecular formula is C14H15ClN2O2. The fourth-order valence-corrected chi connectivity index (χ4v) is 2.76. The van der Waals surface area contributed by atoms with Crippen molar-refractivity contribution in [2.75, 3.05) is 6.61 Å². The molecule has 4 nitrogen and oxygen atoms in total. The fraction of sp³-hybridized carbons (Fsp3) is 0.357. The summed E-state index contributed by atoms with van der Waals surface area (Å²) < 4.78 is 7.46. The van der Waals surface area contributed by atoms with Gasteiger partial charge in [-0.15, -0.1) is 0 Å². The average Bonchev–Trinajstić information content (AvgIpc) is 2.97. The van der Waals surface area contributed by atoms with Crippen LogP contribution in [0, 0.1) is 0 Å². The van der Waals surface area contributed by atoms with E-state index in [4.69, 9.17) is 16.3 Å². The smallest absolute Gasteiger partial charge is 0.126 e. The molecule has 0 aliphatic carbocycles. The van der Waals surface area contributed by atoms with Gasteiger partial charge in [-0.1, -0.05) is 11.6 Å². The summed E-state index contributed by atoms with van der Waals surface area (Å²) in [5.74, 6) is 0.880. The van der Waals surface area contributed by atoms with Crippen LogP contribution in [-0.4, -0.2) is 21.3 Å². The van der Waals surface area contributed by atoms with Gasteiger partial charge in [-0.2, -0.15) is 0 Å². The van der Waals surface area contributed by atoms with Gasteiger partial charge in [0.05, 0.1) is 30.9 Å². The molecule has 0 fully saturated rings. The number of aliphatic hydroxyl groups excluding tert-OH is 1. The molecule has 2 aromatic rings. The zero-order chi connectivity index (χ0) is 13.4. The Morgan fingerprint density at radius 1 is 1.53 bits per heavy atom. The molecule has 3 rings (SSSR count). The first-order chi connectivity index (χ1) is 9.15. The van der Waals surface area contributed by atoms with E-state index >= 15 is 0 Å². The van der Waals surface area contributed by atoms with Crippen LogP contribution in [0.25, 0.3) is 0 Å². The topological polar surface area (TPSA) is 47.3 Å². The molecule has 19 heavy (non-hydrogen) atoms. The Bertz CT molecular complexity index is 609. The van der Waals surface area contributed by atoms with E-state index in [0.717, 1.165) is 29.0 Å². The van der Waals surface area contributed by atoms with Gasteiger partial charge in [0.15, 0.2) is 0 Å². The first-order valence-corrected chi connectivity index (χ1v) is 6.61. The summed E-state index contributed by atoms with van der Waals surface area (Å²) in [4.78, 5) is 4.02. The lowest BCUT2D eigenvalue weighted by atomic mass is 10.0. The lowest BCUT2D eigenvalue weighted by Gasteiger charge is -2.14. The van der Waals surface area contributed by atoms with Crippen LogP contribution >= 0.6 is 11.6 Å². The van der Waals surface area contributed by atoms with Gasteiger partial charge in [0.25, 0.3) is 0 Å². The van der Waals surface area contributed by atoms with E-state index < -0.39 is 6.10 Å². The molecule has 1 aliphatic heterocycles. The summed E-state index contributed by atoms with van der Waals surface area (Å²) in [5, 5.41) is 11.0. The summed E-state index contributed by atoms with van der Waals surface area (Å²) >= 11 is 6.11. The number of benzene rings is 1. The molecule has 100 valence electrons. The Balaban J connectivity index is 1.90. The second-order valence-electron chi connectivity index (χ2n) is 4.80. The van der Waals surface area contributed by atoms with Crippen molar-refractivity contribution in [3.8, 4) is 5.75 Å². The number of halogens is 1. The van der Waals surface area contributed by atoms with Crippen molar-refractivity contribution < 1.29 is 9.84 Å². The van der Waals surface area contributed by atoms with Crippen molar-refractivity contribution in [3.63, 3.8) is 0 Å². The van der Waals surface area contributed by atoms with Gasteiger partial charge in [0, 0.05) is 24.9 Å². The third kappa shape index (κ3) is 2.33. The number of hydrogen-bond acceptors (Lipinski definition) is 3. The zero-order valence-electron chi connectivity index (χ0n) is 10.6. The molecule has 1 unspecified atom stereocenters.